The third kappa shape index (κ3) is 4.64. The summed E-state index contributed by atoms with van der Waals surface area (Å²) in [5.41, 5.74) is 4.01. The smallest absolute Gasteiger partial charge is 0.181 e. The molecule has 2 nitrogen and oxygen atoms in total. The van der Waals surface area contributed by atoms with Crippen LogP contribution in [0.1, 0.15) is 47.0 Å². The minimum atomic E-state index is -3.35. The largest absolute Gasteiger partial charge is 0.223 e. The van der Waals surface area contributed by atoms with Crippen molar-refractivity contribution in [3.63, 3.8) is 0 Å². The lowest BCUT2D eigenvalue weighted by molar-refractivity contribution is 0.377. The highest BCUT2D eigenvalue weighted by atomic mass is 32.2. The van der Waals surface area contributed by atoms with E-state index in [0.29, 0.717) is 4.90 Å². The summed E-state index contributed by atoms with van der Waals surface area (Å²) in [5, 5.41) is 2.00. The number of rotatable bonds is 5. The first-order chi connectivity index (χ1) is 13.2. The van der Waals surface area contributed by atoms with Gasteiger partial charge in [-0.2, -0.15) is 0 Å². The molecular weight excluding hydrogens is 364 g/mol. The second-order valence-corrected chi connectivity index (χ2v) is 10.5. The van der Waals surface area contributed by atoms with E-state index in [0.717, 1.165) is 22.8 Å². The van der Waals surface area contributed by atoms with Crippen molar-refractivity contribution in [2.24, 2.45) is 5.41 Å². The molecule has 148 valence electrons. The lowest BCUT2D eigenvalue weighted by Gasteiger charge is -2.32. The Balaban J connectivity index is 1.77. The molecule has 0 bridgehead atoms. The third-order valence-corrected chi connectivity index (χ3v) is 7.34. The molecule has 3 rings (SSSR count). The summed E-state index contributed by atoms with van der Waals surface area (Å²) in [5.74, 6) is 0.0168. The van der Waals surface area contributed by atoms with Gasteiger partial charge in [0.2, 0.25) is 0 Å². The Kier molecular flexibility index (Phi) is 5.95. The molecule has 3 heteroatoms. The van der Waals surface area contributed by atoms with E-state index in [9.17, 15) is 8.42 Å². The van der Waals surface area contributed by atoms with E-state index < -0.39 is 9.84 Å². The van der Waals surface area contributed by atoms with Crippen LogP contribution in [0, 0.1) is 5.41 Å². The van der Waals surface area contributed by atoms with Crippen LogP contribution in [0.2, 0.25) is 0 Å². The zero-order valence-corrected chi connectivity index (χ0v) is 18.1. The highest BCUT2D eigenvalue weighted by Crippen LogP contribution is 2.40. The van der Waals surface area contributed by atoms with Gasteiger partial charge in [-0.05, 0) is 67.0 Å². The van der Waals surface area contributed by atoms with Gasteiger partial charge in [0.1, 0.15) is 0 Å². The fraction of sp³-hybridized carbons (Fsp3) is 0.360. The molecule has 0 atom stereocenters. The molecular formula is C25H30O2S. The van der Waals surface area contributed by atoms with E-state index in [4.69, 9.17) is 0 Å². The van der Waals surface area contributed by atoms with Crippen molar-refractivity contribution in [2.45, 2.75) is 51.9 Å². The number of fused-ring (bicyclic) bond motifs is 1. The monoisotopic (exact) mass is 394 g/mol. The molecule has 1 aliphatic rings. The lowest BCUT2D eigenvalue weighted by atomic mass is 9.72. The molecule has 0 N–H and O–H groups in total. The van der Waals surface area contributed by atoms with Gasteiger partial charge in [0, 0.05) is 0 Å². The maximum atomic E-state index is 12.8. The number of hydrogen-bond acceptors (Lipinski definition) is 2. The number of sulfone groups is 1. The highest BCUT2D eigenvalue weighted by molar-refractivity contribution is 7.91. The maximum absolute atomic E-state index is 12.8. The van der Waals surface area contributed by atoms with Gasteiger partial charge in [-0.1, -0.05) is 73.6 Å². The topological polar surface area (TPSA) is 34.1 Å². The first-order valence-corrected chi connectivity index (χ1v) is 11.6. The van der Waals surface area contributed by atoms with Crippen LogP contribution in [0.3, 0.4) is 0 Å². The van der Waals surface area contributed by atoms with Gasteiger partial charge in [0.15, 0.2) is 9.84 Å². The van der Waals surface area contributed by atoms with Gasteiger partial charge in [-0.15, -0.1) is 0 Å². The normalized spacial score (nSPS) is 18.2. The number of hydrogen-bond donors (Lipinski definition) is 0. The molecule has 0 aromatic heterocycles. The van der Waals surface area contributed by atoms with Crippen molar-refractivity contribution in [1.82, 2.24) is 0 Å². The summed E-state index contributed by atoms with van der Waals surface area (Å²) in [6.45, 7) is 8.76. The fourth-order valence-corrected chi connectivity index (χ4v) is 5.25. The van der Waals surface area contributed by atoms with Crippen LogP contribution in [-0.2, 0) is 9.84 Å². The Hall–Kier alpha value is -2.13. The van der Waals surface area contributed by atoms with Crippen LogP contribution in [0.5, 0.6) is 0 Å². The predicted octanol–water partition coefficient (Wildman–Crippen LogP) is 6.64. The van der Waals surface area contributed by atoms with E-state index >= 15 is 0 Å². The summed E-state index contributed by atoms with van der Waals surface area (Å²) < 4.78 is 25.5. The van der Waals surface area contributed by atoms with E-state index in [1.54, 1.807) is 12.1 Å². The van der Waals surface area contributed by atoms with Crippen LogP contribution in [0.15, 0.2) is 82.3 Å². The molecule has 0 aliphatic heterocycles. The second-order valence-electron chi connectivity index (χ2n) is 8.50. The number of allylic oxidation sites excluding steroid dienone is 5. The van der Waals surface area contributed by atoms with Crippen LogP contribution in [0.25, 0.3) is 10.8 Å². The van der Waals surface area contributed by atoms with Crippen molar-refractivity contribution in [3.8, 4) is 0 Å². The Morgan fingerprint density at radius 1 is 1.11 bits per heavy atom. The second kappa shape index (κ2) is 8.08. The maximum Gasteiger partial charge on any atom is 0.181 e. The molecule has 0 heterocycles. The van der Waals surface area contributed by atoms with Crippen molar-refractivity contribution in [3.05, 3.63) is 77.4 Å². The molecule has 1 aliphatic carbocycles. The summed E-state index contributed by atoms with van der Waals surface area (Å²) in [6, 6.07) is 13.2. The lowest BCUT2D eigenvalue weighted by Crippen LogP contribution is -2.19. The minimum absolute atomic E-state index is 0.0168. The van der Waals surface area contributed by atoms with E-state index in [-0.39, 0.29) is 11.2 Å². The summed E-state index contributed by atoms with van der Waals surface area (Å²) in [6.07, 6.45) is 9.65. The molecule has 0 amide bonds. The standard InChI is InChI=1S/C25H30O2S/c1-19(11-14-24-20(2)8-7-16-25(24,3)4)15-17-28(26,27)23-13-12-21-9-5-6-10-22(21)18-23/h5-6,9-15,18H,7-8,16-17H2,1-4H3. The Morgan fingerprint density at radius 2 is 1.82 bits per heavy atom. The van der Waals surface area contributed by atoms with Crippen molar-refractivity contribution >= 4 is 20.6 Å². The predicted molar refractivity (Wildman–Crippen MR) is 119 cm³/mol. The highest BCUT2D eigenvalue weighted by Gasteiger charge is 2.26. The Labute approximate surface area is 169 Å². The molecule has 0 spiro atoms. The average molecular weight is 395 g/mol. The summed E-state index contributed by atoms with van der Waals surface area (Å²) >= 11 is 0. The Bertz CT molecular complexity index is 1070. The summed E-state index contributed by atoms with van der Waals surface area (Å²) in [7, 11) is -3.35. The molecule has 0 saturated heterocycles. The molecule has 0 saturated carbocycles. The van der Waals surface area contributed by atoms with Crippen LogP contribution in [0.4, 0.5) is 0 Å². The molecule has 0 unspecified atom stereocenters. The van der Waals surface area contributed by atoms with Gasteiger partial charge < -0.3 is 0 Å². The molecule has 0 fully saturated rings. The van der Waals surface area contributed by atoms with Crippen molar-refractivity contribution in [1.29, 1.82) is 0 Å². The molecule has 0 radical (unpaired) electrons. The zero-order valence-electron chi connectivity index (χ0n) is 17.3. The fourth-order valence-electron chi connectivity index (χ4n) is 3.99. The molecule has 28 heavy (non-hydrogen) atoms. The minimum Gasteiger partial charge on any atom is -0.223 e. The van der Waals surface area contributed by atoms with Gasteiger partial charge in [-0.3, -0.25) is 0 Å². The van der Waals surface area contributed by atoms with Crippen LogP contribution in [-0.4, -0.2) is 14.2 Å². The first kappa shape index (κ1) is 20.6. The quantitative estimate of drug-likeness (QED) is 0.533. The van der Waals surface area contributed by atoms with Crippen LogP contribution < -0.4 is 0 Å². The van der Waals surface area contributed by atoms with E-state index in [2.05, 4.69) is 32.9 Å². The van der Waals surface area contributed by atoms with Gasteiger partial charge in [-0.25, -0.2) is 8.42 Å². The van der Waals surface area contributed by atoms with E-state index in [1.165, 1.54) is 24.0 Å². The van der Waals surface area contributed by atoms with Crippen molar-refractivity contribution in [2.75, 3.05) is 5.75 Å². The van der Waals surface area contributed by atoms with Gasteiger partial charge >= 0.3 is 0 Å². The molecule has 2 aromatic rings. The zero-order chi connectivity index (χ0) is 20.4. The van der Waals surface area contributed by atoms with Crippen molar-refractivity contribution < 1.29 is 8.42 Å². The first-order valence-electron chi connectivity index (χ1n) is 9.96. The third-order valence-electron chi connectivity index (χ3n) is 5.76. The van der Waals surface area contributed by atoms with Gasteiger partial charge in [0.25, 0.3) is 0 Å². The molecule has 2 aromatic carbocycles. The SMILES string of the molecule is CC(C=CC1=C(C)CCCC1(C)C)=CCS(=O)(=O)c1ccc2ccccc2c1. The Morgan fingerprint density at radius 3 is 2.54 bits per heavy atom. The van der Waals surface area contributed by atoms with E-state index in [1.807, 2.05) is 43.3 Å². The van der Waals surface area contributed by atoms with Gasteiger partial charge in [0.05, 0.1) is 10.6 Å². The van der Waals surface area contributed by atoms with Crippen LogP contribution >= 0.6 is 0 Å². The summed E-state index contributed by atoms with van der Waals surface area (Å²) in [4.78, 5) is 0.381. The average Bonchev–Trinajstić information content (AvgIpc) is 2.65. The number of benzene rings is 2.